The van der Waals surface area contributed by atoms with Gasteiger partial charge < -0.3 is 47.7 Å². The SMILES string of the molecule is C=C(c1ccc(OCO)c(CC)c1)C(F)(F)F.C=C(c1ccc(OCOC)c(C(C)(C)C)c1)C(F)(F)F.C=C(c1ccc(OCOC)c(C(C)(C)CC)c1)C(F)(F)F.C=C(c1ccc(OCOC)c(C(C)C)c1)C(F)(F)F.C=C(c1ccc(OCOC)cc1)C(F)(F)F. The van der Waals surface area contributed by atoms with Crippen LogP contribution >= 0.6 is 0 Å². The van der Waals surface area contributed by atoms with Gasteiger partial charge in [-0.25, -0.2) is 0 Å². The van der Waals surface area contributed by atoms with Crippen molar-refractivity contribution in [2.75, 3.05) is 62.4 Å². The smallest absolute Gasteiger partial charge is 0.416 e. The second kappa shape index (κ2) is 36.9. The fraction of sp³-hybridized carbons (Fsp3) is 0.412. The minimum Gasteiger partial charge on any atom is -0.468 e. The van der Waals surface area contributed by atoms with E-state index in [1.807, 2.05) is 55.4 Å². The van der Waals surface area contributed by atoms with E-state index >= 15 is 0 Å². The molecule has 0 aliphatic heterocycles. The van der Waals surface area contributed by atoms with Gasteiger partial charge in [-0.15, -0.1) is 0 Å². The molecule has 5 aromatic carbocycles. The Morgan fingerprint density at radius 3 is 1.05 bits per heavy atom. The molecule has 93 heavy (non-hydrogen) atoms. The molecule has 518 valence electrons. The van der Waals surface area contributed by atoms with Gasteiger partial charge in [0.25, 0.3) is 0 Å². The highest BCUT2D eigenvalue weighted by Crippen LogP contribution is 2.42. The van der Waals surface area contributed by atoms with Crippen LogP contribution in [-0.4, -0.2) is 98.4 Å². The van der Waals surface area contributed by atoms with Crippen molar-refractivity contribution in [3.8, 4) is 28.7 Å². The highest BCUT2D eigenvalue weighted by molar-refractivity contribution is 5.72. The van der Waals surface area contributed by atoms with Crippen LogP contribution in [0.3, 0.4) is 0 Å². The third kappa shape index (κ3) is 27.6. The second-order valence-corrected chi connectivity index (χ2v) is 21.9. The lowest BCUT2D eigenvalue weighted by Crippen LogP contribution is -2.19. The van der Waals surface area contributed by atoms with E-state index in [4.69, 9.17) is 43.0 Å². The lowest BCUT2D eigenvalue weighted by molar-refractivity contribution is -0.0695. The number of aryl methyl sites for hydroxylation is 1. The molecular weight excluding hydrogens is 1260 g/mol. The highest BCUT2D eigenvalue weighted by Gasteiger charge is 2.37. The maximum atomic E-state index is 12.8. The zero-order valence-corrected chi connectivity index (χ0v) is 54.1. The Morgan fingerprint density at radius 1 is 0.398 bits per heavy atom. The number of hydrogen-bond donors (Lipinski definition) is 1. The average Bonchev–Trinajstić information content (AvgIpc) is 0.824. The fourth-order valence-corrected chi connectivity index (χ4v) is 7.63. The Morgan fingerprint density at radius 2 is 0.710 bits per heavy atom. The first kappa shape index (κ1) is 83.6. The van der Waals surface area contributed by atoms with E-state index in [1.165, 1.54) is 126 Å². The topological polar surface area (TPSA) is 103 Å². The minimum atomic E-state index is -4.44. The fourth-order valence-electron chi connectivity index (χ4n) is 7.63. The summed E-state index contributed by atoms with van der Waals surface area (Å²) < 4.78 is 234. The molecular formula is C68H81F15O10. The zero-order chi connectivity index (χ0) is 71.7. The first-order valence-electron chi connectivity index (χ1n) is 28.0. The summed E-state index contributed by atoms with van der Waals surface area (Å²) in [6.07, 6.45) is -20.9. The van der Waals surface area contributed by atoms with E-state index in [2.05, 4.69) is 37.6 Å². The molecule has 0 spiro atoms. The van der Waals surface area contributed by atoms with E-state index in [1.54, 1.807) is 6.92 Å². The summed E-state index contributed by atoms with van der Waals surface area (Å²) in [4.78, 5) is 0. The standard InChI is InChI=1S/C16H21F3O2.C15H19F3O2.C14H17F3O2.C12H13F3O2.C11H11F3O2/c1-6-15(3,4)13-9-12(11(2)16(17,18)19)7-8-14(13)21-10-20-5;1-10(15(16,17)18)11-6-7-13(20-9-19-5)12(8-11)14(2,3)4;1-9(2)12-7-11(10(3)14(15,16)17)5-6-13(12)19-8-18-4;1-3-9-6-10(8(2)12(13,14)15)4-5-11(9)17-7-16;1-8(11(12,13)14)9-3-5-10(6-4-9)16-7-15-2/h7-9H,2,6,10H2,1,3-5H3;6-8H,1,9H2,2-5H3;5-7,9H,3,8H2,1-2,4H3;4-6,16H,2-3,7H2,1H3;3-6H,1,7H2,2H3. The molecule has 0 unspecified atom stereocenters. The third-order valence-electron chi connectivity index (χ3n) is 13.3. The lowest BCUT2D eigenvalue weighted by Gasteiger charge is -2.27. The van der Waals surface area contributed by atoms with Crippen LogP contribution < -0.4 is 23.7 Å². The number of hydrogen-bond acceptors (Lipinski definition) is 10. The van der Waals surface area contributed by atoms with Crippen LogP contribution in [0.4, 0.5) is 65.9 Å². The van der Waals surface area contributed by atoms with Crippen LogP contribution in [-0.2, 0) is 36.2 Å². The number of allylic oxidation sites excluding steroid dienone is 5. The molecule has 0 saturated carbocycles. The molecule has 0 saturated heterocycles. The Kier molecular flexibility index (Phi) is 33.1. The largest absolute Gasteiger partial charge is 0.468 e. The third-order valence-corrected chi connectivity index (χ3v) is 13.3. The predicted octanol–water partition coefficient (Wildman–Crippen LogP) is 20.2. The quantitative estimate of drug-likeness (QED) is 0.0502. The molecule has 25 heteroatoms. The van der Waals surface area contributed by atoms with E-state index in [0.717, 1.165) is 6.42 Å². The van der Waals surface area contributed by atoms with Crippen molar-refractivity contribution in [1.29, 1.82) is 0 Å². The molecule has 0 aliphatic carbocycles. The van der Waals surface area contributed by atoms with E-state index in [9.17, 15) is 65.9 Å². The highest BCUT2D eigenvalue weighted by atomic mass is 19.4. The molecule has 0 amide bonds. The van der Waals surface area contributed by atoms with Crippen LogP contribution in [0.15, 0.2) is 130 Å². The molecule has 0 aromatic heterocycles. The number of rotatable bonds is 23. The van der Waals surface area contributed by atoms with Crippen molar-refractivity contribution in [2.45, 2.75) is 123 Å². The van der Waals surface area contributed by atoms with Gasteiger partial charge in [-0.1, -0.05) is 132 Å². The monoisotopic (exact) mass is 1340 g/mol. The van der Waals surface area contributed by atoms with Gasteiger partial charge >= 0.3 is 30.9 Å². The number of ether oxygens (including phenoxy) is 9. The number of methoxy groups -OCH3 is 4. The summed E-state index contributed by atoms with van der Waals surface area (Å²) in [6.45, 7) is 32.3. The van der Waals surface area contributed by atoms with E-state index < -0.39 is 65.5 Å². The Hall–Kier alpha value is -7.45. The summed E-state index contributed by atoms with van der Waals surface area (Å²) in [5, 5.41) is 8.63. The van der Waals surface area contributed by atoms with Crippen molar-refractivity contribution in [2.24, 2.45) is 0 Å². The normalized spacial score (nSPS) is 11.8. The lowest BCUT2D eigenvalue weighted by atomic mass is 9.80. The van der Waals surface area contributed by atoms with Gasteiger partial charge in [0.1, 0.15) is 28.7 Å². The van der Waals surface area contributed by atoms with Crippen LogP contribution in [0, 0.1) is 0 Å². The van der Waals surface area contributed by atoms with Crippen LogP contribution in [0.2, 0.25) is 0 Å². The molecule has 1 N–H and O–H groups in total. The van der Waals surface area contributed by atoms with Crippen LogP contribution in [0.25, 0.3) is 27.9 Å². The van der Waals surface area contributed by atoms with Gasteiger partial charge in [0.15, 0.2) is 34.0 Å². The Balaban J connectivity index is 0.000000583. The maximum absolute atomic E-state index is 12.8. The maximum Gasteiger partial charge on any atom is 0.416 e. The summed E-state index contributed by atoms with van der Waals surface area (Å²) in [6, 6.07) is 22.6. The molecule has 5 aromatic rings. The van der Waals surface area contributed by atoms with E-state index in [-0.39, 0.29) is 71.7 Å². The van der Waals surface area contributed by atoms with Crippen LogP contribution in [0.1, 0.15) is 125 Å². The van der Waals surface area contributed by atoms with Gasteiger partial charge in [0.05, 0.1) is 27.9 Å². The Bertz CT molecular complexity index is 3190. The van der Waals surface area contributed by atoms with Gasteiger partial charge in [0, 0.05) is 39.6 Å². The number of aliphatic hydroxyl groups is 1. The molecule has 0 aliphatic rings. The van der Waals surface area contributed by atoms with Crippen molar-refractivity contribution in [1.82, 2.24) is 0 Å². The first-order valence-corrected chi connectivity index (χ1v) is 28.0. The van der Waals surface area contributed by atoms with Gasteiger partial charge in [-0.05, 0) is 129 Å². The van der Waals surface area contributed by atoms with E-state index in [0.29, 0.717) is 57.4 Å². The van der Waals surface area contributed by atoms with Crippen molar-refractivity contribution < 1.29 is 114 Å². The summed E-state index contributed by atoms with van der Waals surface area (Å²) >= 11 is 0. The first-order chi connectivity index (χ1) is 42.8. The number of aliphatic hydroxyl groups excluding tert-OH is 1. The molecule has 0 radical (unpaired) electrons. The van der Waals surface area contributed by atoms with Gasteiger partial charge in [-0.2, -0.15) is 65.9 Å². The number of halogens is 15. The molecule has 0 atom stereocenters. The Labute approximate surface area is 533 Å². The summed E-state index contributed by atoms with van der Waals surface area (Å²) in [5.41, 5.74) is -2.11. The summed E-state index contributed by atoms with van der Waals surface area (Å²) in [5.74, 6) is 2.43. The minimum absolute atomic E-state index is 0.0136. The van der Waals surface area contributed by atoms with Gasteiger partial charge in [0.2, 0.25) is 0 Å². The second-order valence-electron chi connectivity index (χ2n) is 21.9. The zero-order valence-electron chi connectivity index (χ0n) is 54.1. The van der Waals surface area contributed by atoms with Gasteiger partial charge in [-0.3, -0.25) is 0 Å². The molecule has 0 heterocycles. The molecule has 0 fully saturated rings. The van der Waals surface area contributed by atoms with Crippen molar-refractivity contribution in [3.05, 3.63) is 180 Å². The van der Waals surface area contributed by atoms with Crippen molar-refractivity contribution >= 4 is 27.9 Å². The number of benzene rings is 5. The molecule has 10 nitrogen and oxygen atoms in total. The van der Waals surface area contributed by atoms with Crippen LogP contribution in [0.5, 0.6) is 28.7 Å². The average molecular weight is 1340 g/mol. The predicted molar refractivity (Wildman–Crippen MR) is 331 cm³/mol. The van der Waals surface area contributed by atoms with Crippen molar-refractivity contribution in [3.63, 3.8) is 0 Å². The summed E-state index contributed by atoms with van der Waals surface area (Å²) in [7, 11) is 5.91. The molecule has 5 rings (SSSR count). The molecule has 0 bridgehead atoms. The number of alkyl halides is 15.